The highest BCUT2D eigenvalue weighted by molar-refractivity contribution is 5.94. The van der Waals surface area contributed by atoms with Gasteiger partial charge in [0.2, 0.25) is 0 Å². The van der Waals surface area contributed by atoms with Crippen molar-refractivity contribution in [3.05, 3.63) is 41.2 Å². The molecule has 1 amide bonds. The maximum absolute atomic E-state index is 12.4. The van der Waals surface area contributed by atoms with E-state index in [0.717, 1.165) is 18.7 Å². The van der Waals surface area contributed by atoms with Gasteiger partial charge >= 0.3 is 0 Å². The van der Waals surface area contributed by atoms with Gasteiger partial charge in [0.15, 0.2) is 0 Å². The molecule has 7 nitrogen and oxygen atoms in total. The van der Waals surface area contributed by atoms with E-state index in [1.54, 1.807) is 12.4 Å². The number of nitrogens with one attached hydrogen (secondary N) is 1. The van der Waals surface area contributed by atoms with Crippen LogP contribution < -0.4 is 5.32 Å². The molecule has 0 spiro atoms. The lowest BCUT2D eigenvalue weighted by molar-refractivity contribution is 0.0794. The zero-order valence-corrected chi connectivity index (χ0v) is 14.3. The zero-order chi connectivity index (χ0) is 17.1. The van der Waals surface area contributed by atoms with Crippen LogP contribution in [0, 0.1) is 19.8 Å². The maximum atomic E-state index is 12.4. The number of aryl methyl sites for hydroxylation is 3. The lowest BCUT2D eigenvalue weighted by Crippen LogP contribution is -2.31. The number of rotatable bonds is 5. The van der Waals surface area contributed by atoms with Crippen LogP contribution in [-0.4, -0.2) is 38.8 Å². The fourth-order valence-corrected chi connectivity index (χ4v) is 3.14. The minimum atomic E-state index is -0.137. The van der Waals surface area contributed by atoms with Crippen molar-refractivity contribution in [2.24, 2.45) is 5.92 Å². The Bertz CT molecular complexity index is 728. The number of carbonyl (C=O) groups excluding carboxylic acids is 1. The Hall–Kier alpha value is -2.28. The minimum absolute atomic E-state index is 0.0249. The predicted molar refractivity (Wildman–Crippen MR) is 88.5 cm³/mol. The summed E-state index contributed by atoms with van der Waals surface area (Å²) in [5, 5.41) is 7.31. The van der Waals surface area contributed by atoms with Crippen LogP contribution in [0.2, 0.25) is 0 Å². The van der Waals surface area contributed by atoms with Gasteiger partial charge in [-0.15, -0.1) is 0 Å². The normalized spacial score (nSPS) is 20.3. The molecule has 0 aromatic carbocycles. The Morgan fingerprint density at radius 1 is 1.46 bits per heavy atom. The fraction of sp³-hybridized carbons (Fsp3) is 0.529. The quantitative estimate of drug-likeness (QED) is 0.905. The molecule has 1 N–H and O–H groups in total. The standard InChI is InChI=1S/C17H23N5O2/c1-4-22-15(5-7-20-22)16-13(6-8-24-16)9-19-17(23)14-10-18-12(3)21-11(14)2/h5,7,10,13,16H,4,6,8-9H2,1-3H3,(H,19,23)/t13-,16+/m0/s1. The summed E-state index contributed by atoms with van der Waals surface area (Å²) in [6, 6.07) is 1.99. The van der Waals surface area contributed by atoms with Crippen LogP contribution in [0.15, 0.2) is 18.5 Å². The van der Waals surface area contributed by atoms with Crippen LogP contribution in [0.5, 0.6) is 0 Å². The number of carbonyl (C=O) groups is 1. The second-order valence-electron chi connectivity index (χ2n) is 6.04. The van der Waals surface area contributed by atoms with E-state index in [-0.39, 0.29) is 17.9 Å². The van der Waals surface area contributed by atoms with Crippen molar-refractivity contribution in [1.29, 1.82) is 0 Å². The molecule has 3 rings (SSSR count). The number of aromatic nitrogens is 4. The highest BCUT2D eigenvalue weighted by Gasteiger charge is 2.32. The third-order valence-corrected chi connectivity index (χ3v) is 4.42. The Balaban J connectivity index is 1.66. The SMILES string of the molecule is CCn1nccc1[C@@H]1OCC[C@H]1CNC(=O)c1cnc(C)nc1C. The monoisotopic (exact) mass is 329 g/mol. The topological polar surface area (TPSA) is 81.9 Å². The van der Waals surface area contributed by atoms with Gasteiger partial charge in [-0.2, -0.15) is 5.10 Å². The van der Waals surface area contributed by atoms with Gasteiger partial charge in [-0.3, -0.25) is 9.48 Å². The minimum Gasteiger partial charge on any atom is -0.372 e. The molecule has 2 aromatic rings. The van der Waals surface area contributed by atoms with E-state index >= 15 is 0 Å². The van der Waals surface area contributed by atoms with E-state index in [2.05, 4.69) is 27.3 Å². The second kappa shape index (κ2) is 7.09. The average Bonchev–Trinajstić information content (AvgIpc) is 3.20. The van der Waals surface area contributed by atoms with Crippen LogP contribution in [0.1, 0.15) is 47.0 Å². The summed E-state index contributed by atoms with van der Waals surface area (Å²) in [5.74, 6) is 0.769. The van der Waals surface area contributed by atoms with Crippen molar-refractivity contribution in [3.8, 4) is 0 Å². The Kier molecular flexibility index (Phi) is 4.89. The molecule has 0 bridgehead atoms. The molecule has 1 aliphatic heterocycles. The van der Waals surface area contributed by atoms with Crippen LogP contribution in [0.3, 0.4) is 0 Å². The molecule has 0 saturated carbocycles. The molecule has 1 saturated heterocycles. The molecule has 128 valence electrons. The molecule has 0 unspecified atom stereocenters. The zero-order valence-electron chi connectivity index (χ0n) is 14.3. The fourth-order valence-electron chi connectivity index (χ4n) is 3.14. The van der Waals surface area contributed by atoms with Gasteiger partial charge in [0.05, 0.1) is 17.0 Å². The molecule has 7 heteroatoms. The summed E-state index contributed by atoms with van der Waals surface area (Å²) in [6.45, 7) is 7.76. The smallest absolute Gasteiger partial charge is 0.254 e. The van der Waals surface area contributed by atoms with E-state index in [1.807, 2.05) is 24.6 Å². The number of ether oxygens (including phenoxy) is 1. The van der Waals surface area contributed by atoms with Crippen LogP contribution in [-0.2, 0) is 11.3 Å². The molecule has 1 aliphatic rings. The van der Waals surface area contributed by atoms with Gasteiger partial charge in [0.1, 0.15) is 11.9 Å². The van der Waals surface area contributed by atoms with Crippen molar-refractivity contribution >= 4 is 5.91 Å². The average molecular weight is 329 g/mol. The first kappa shape index (κ1) is 16.6. The number of nitrogens with zero attached hydrogens (tertiary/aromatic N) is 4. The summed E-state index contributed by atoms with van der Waals surface area (Å²) in [4.78, 5) is 20.8. The molecule has 24 heavy (non-hydrogen) atoms. The first-order chi connectivity index (χ1) is 11.6. The first-order valence-corrected chi connectivity index (χ1v) is 8.32. The van der Waals surface area contributed by atoms with Crippen molar-refractivity contribution < 1.29 is 9.53 Å². The third-order valence-electron chi connectivity index (χ3n) is 4.42. The maximum Gasteiger partial charge on any atom is 0.254 e. The van der Waals surface area contributed by atoms with Crippen molar-refractivity contribution in [1.82, 2.24) is 25.1 Å². The van der Waals surface area contributed by atoms with Gasteiger partial charge in [-0.1, -0.05) is 0 Å². The first-order valence-electron chi connectivity index (χ1n) is 8.32. The number of amides is 1. The van der Waals surface area contributed by atoms with Gasteiger partial charge in [0.25, 0.3) is 5.91 Å². The molecular weight excluding hydrogens is 306 g/mol. The van der Waals surface area contributed by atoms with E-state index < -0.39 is 0 Å². The Morgan fingerprint density at radius 2 is 2.29 bits per heavy atom. The summed E-state index contributed by atoms with van der Waals surface area (Å²) >= 11 is 0. The summed E-state index contributed by atoms with van der Waals surface area (Å²) in [7, 11) is 0. The Labute approximate surface area is 141 Å². The number of hydrogen-bond acceptors (Lipinski definition) is 5. The summed E-state index contributed by atoms with van der Waals surface area (Å²) in [5.41, 5.74) is 2.29. The predicted octanol–water partition coefficient (Wildman–Crippen LogP) is 1.82. The molecule has 2 aromatic heterocycles. The van der Waals surface area contributed by atoms with E-state index in [1.165, 1.54) is 0 Å². The summed E-state index contributed by atoms with van der Waals surface area (Å²) < 4.78 is 7.84. The molecular formula is C17H23N5O2. The lowest BCUT2D eigenvalue weighted by Gasteiger charge is -2.20. The van der Waals surface area contributed by atoms with Crippen LogP contribution in [0.4, 0.5) is 0 Å². The lowest BCUT2D eigenvalue weighted by atomic mass is 9.98. The second-order valence-corrected chi connectivity index (χ2v) is 6.04. The van der Waals surface area contributed by atoms with E-state index in [4.69, 9.17) is 4.74 Å². The molecule has 0 aliphatic carbocycles. The largest absolute Gasteiger partial charge is 0.372 e. The third kappa shape index (κ3) is 3.31. The van der Waals surface area contributed by atoms with Crippen molar-refractivity contribution in [3.63, 3.8) is 0 Å². The summed E-state index contributed by atoms with van der Waals surface area (Å²) in [6.07, 6.45) is 4.27. The molecule has 1 fully saturated rings. The molecule has 3 heterocycles. The van der Waals surface area contributed by atoms with Gasteiger partial charge in [-0.05, 0) is 33.3 Å². The highest BCUT2D eigenvalue weighted by Crippen LogP contribution is 2.34. The van der Waals surface area contributed by atoms with E-state index in [0.29, 0.717) is 30.2 Å². The van der Waals surface area contributed by atoms with Gasteiger partial charge in [-0.25, -0.2) is 9.97 Å². The van der Waals surface area contributed by atoms with Crippen LogP contribution in [0.25, 0.3) is 0 Å². The van der Waals surface area contributed by atoms with Gasteiger partial charge in [0, 0.05) is 38.0 Å². The van der Waals surface area contributed by atoms with Crippen molar-refractivity contribution in [2.75, 3.05) is 13.2 Å². The molecule has 0 radical (unpaired) electrons. The molecule has 2 atom stereocenters. The van der Waals surface area contributed by atoms with Crippen LogP contribution >= 0.6 is 0 Å². The van der Waals surface area contributed by atoms with E-state index in [9.17, 15) is 4.79 Å². The number of hydrogen-bond donors (Lipinski definition) is 1. The highest BCUT2D eigenvalue weighted by atomic mass is 16.5. The Morgan fingerprint density at radius 3 is 3.04 bits per heavy atom. The van der Waals surface area contributed by atoms with Gasteiger partial charge < -0.3 is 10.1 Å². The van der Waals surface area contributed by atoms with Crippen molar-refractivity contribution in [2.45, 2.75) is 39.8 Å².